The van der Waals surface area contributed by atoms with Crippen LogP contribution >= 0.6 is 0 Å². The number of carboxylic acids is 1. The van der Waals surface area contributed by atoms with Gasteiger partial charge in [0.05, 0.1) is 31.7 Å². The topological polar surface area (TPSA) is 125 Å². The molecule has 2 heterocycles. The minimum absolute atomic E-state index is 0.136. The highest BCUT2D eigenvalue weighted by atomic mass is 16.5. The maximum atomic E-state index is 13.5. The molecule has 162 valence electrons. The van der Waals surface area contributed by atoms with Crippen LogP contribution in [0.25, 0.3) is 0 Å². The molecule has 0 aromatic heterocycles. The van der Waals surface area contributed by atoms with Gasteiger partial charge in [0.15, 0.2) is 0 Å². The Bertz CT molecular complexity index is 1090. The number of phenolic OH excluding ortho intramolecular Hbond substituents is 1. The molecule has 2 aliphatic rings. The van der Waals surface area contributed by atoms with Gasteiger partial charge in [-0.05, 0) is 37.3 Å². The number of fused-ring (bicyclic) bond motifs is 1. The maximum Gasteiger partial charge on any atom is 0.324 e. The van der Waals surface area contributed by atoms with Gasteiger partial charge >= 0.3 is 5.97 Å². The van der Waals surface area contributed by atoms with Crippen molar-refractivity contribution in [1.82, 2.24) is 5.32 Å². The largest absolute Gasteiger partial charge is 0.508 e. The minimum Gasteiger partial charge on any atom is -0.508 e. The molecule has 2 aliphatic heterocycles. The average Bonchev–Trinajstić information content (AvgIpc) is 3.22. The molecule has 0 radical (unpaired) electrons. The van der Waals surface area contributed by atoms with Crippen molar-refractivity contribution < 1.29 is 34.1 Å². The fraction of sp³-hybridized carbons (Fsp3) is 0.318. The summed E-state index contributed by atoms with van der Waals surface area (Å²) in [6.07, 6.45) is 0. The zero-order valence-corrected chi connectivity index (χ0v) is 17.2. The van der Waals surface area contributed by atoms with Crippen LogP contribution < -0.4 is 19.7 Å². The van der Waals surface area contributed by atoms with Crippen LogP contribution in [0, 0.1) is 11.8 Å². The number of para-hydroxylation sites is 2. The monoisotopic (exact) mass is 426 g/mol. The van der Waals surface area contributed by atoms with Gasteiger partial charge in [-0.15, -0.1) is 0 Å². The van der Waals surface area contributed by atoms with E-state index in [0.717, 1.165) is 4.90 Å². The SMILES string of the molecule is COc1ccc(O)c(C2NC(C)(C(=O)O)C3C(=O)N(c4ccccc4OC)C(=O)C23)c1. The van der Waals surface area contributed by atoms with Gasteiger partial charge in [-0.3, -0.25) is 19.7 Å². The number of ether oxygens (including phenoxy) is 2. The Kier molecular flexibility index (Phi) is 4.85. The second kappa shape index (κ2) is 7.28. The molecule has 0 saturated carbocycles. The highest BCUT2D eigenvalue weighted by Gasteiger charge is 2.67. The summed E-state index contributed by atoms with van der Waals surface area (Å²) in [5.74, 6) is -4.10. The maximum absolute atomic E-state index is 13.5. The molecule has 31 heavy (non-hydrogen) atoms. The van der Waals surface area contributed by atoms with E-state index < -0.39 is 41.2 Å². The number of phenols is 1. The van der Waals surface area contributed by atoms with Crippen LogP contribution in [0.1, 0.15) is 18.5 Å². The van der Waals surface area contributed by atoms with Gasteiger partial charge in [0.25, 0.3) is 0 Å². The summed E-state index contributed by atoms with van der Waals surface area (Å²) in [5.41, 5.74) is -1.20. The molecule has 9 nitrogen and oxygen atoms in total. The molecule has 2 aromatic rings. The molecular formula is C22H22N2O7. The number of carbonyl (C=O) groups excluding carboxylic acids is 2. The number of imide groups is 1. The van der Waals surface area contributed by atoms with Crippen molar-refractivity contribution in [3.63, 3.8) is 0 Å². The van der Waals surface area contributed by atoms with E-state index in [0.29, 0.717) is 11.5 Å². The molecule has 2 fully saturated rings. The van der Waals surface area contributed by atoms with Gasteiger partial charge in [0.2, 0.25) is 11.8 Å². The van der Waals surface area contributed by atoms with E-state index in [9.17, 15) is 24.6 Å². The number of hydrogen-bond donors (Lipinski definition) is 3. The van der Waals surface area contributed by atoms with Crippen LogP contribution in [0.4, 0.5) is 5.69 Å². The van der Waals surface area contributed by atoms with Gasteiger partial charge < -0.3 is 19.7 Å². The highest BCUT2D eigenvalue weighted by molar-refractivity contribution is 6.24. The molecule has 0 spiro atoms. The lowest BCUT2D eigenvalue weighted by molar-refractivity contribution is -0.147. The number of nitrogens with one attached hydrogen (secondary N) is 1. The van der Waals surface area contributed by atoms with Crippen LogP contribution in [0.5, 0.6) is 17.2 Å². The van der Waals surface area contributed by atoms with Crippen LogP contribution in [-0.4, -0.2) is 47.8 Å². The quantitative estimate of drug-likeness (QED) is 0.617. The summed E-state index contributed by atoms with van der Waals surface area (Å²) in [6, 6.07) is 10.1. The van der Waals surface area contributed by atoms with E-state index in [1.165, 1.54) is 33.3 Å². The zero-order valence-electron chi connectivity index (χ0n) is 17.2. The van der Waals surface area contributed by atoms with E-state index >= 15 is 0 Å². The van der Waals surface area contributed by atoms with Gasteiger partial charge in [-0.1, -0.05) is 12.1 Å². The normalized spacial score (nSPS) is 27.3. The van der Waals surface area contributed by atoms with Crippen LogP contribution in [-0.2, 0) is 14.4 Å². The molecular weight excluding hydrogens is 404 g/mol. The summed E-state index contributed by atoms with van der Waals surface area (Å²) in [5, 5.41) is 23.3. The third-order valence-electron chi connectivity index (χ3n) is 6.13. The molecule has 9 heteroatoms. The van der Waals surface area contributed by atoms with Crippen molar-refractivity contribution in [2.75, 3.05) is 19.1 Å². The Morgan fingerprint density at radius 1 is 1.10 bits per heavy atom. The number of carboxylic acid groups (broad SMARTS) is 1. The first-order valence-electron chi connectivity index (χ1n) is 9.63. The lowest BCUT2D eigenvalue weighted by Gasteiger charge is -2.28. The Balaban J connectivity index is 1.87. The Labute approximate surface area is 178 Å². The Morgan fingerprint density at radius 3 is 2.45 bits per heavy atom. The fourth-order valence-corrected chi connectivity index (χ4v) is 4.56. The molecule has 0 bridgehead atoms. The van der Waals surface area contributed by atoms with Crippen molar-refractivity contribution in [2.45, 2.75) is 18.5 Å². The molecule has 4 rings (SSSR count). The van der Waals surface area contributed by atoms with Crippen molar-refractivity contribution in [3.8, 4) is 17.2 Å². The standard InChI is InChI=1S/C22H22N2O7/c1-22(21(28)29)17-16(18(23-22)12-10-11(30-2)8-9-14(12)25)19(26)24(20(17)27)13-6-4-5-7-15(13)31-3/h4-10,16-18,23,25H,1-3H3,(H,28,29). The number of amides is 2. The lowest BCUT2D eigenvalue weighted by Crippen LogP contribution is -2.53. The summed E-state index contributed by atoms with van der Waals surface area (Å²) in [7, 11) is 2.88. The van der Waals surface area contributed by atoms with E-state index in [1.54, 1.807) is 30.3 Å². The van der Waals surface area contributed by atoms with Gasteiger partial charge in [-0.25, -0.2) is 4.90 Å². The first kappa shape index (κ1) is 20.7. The third-order valence-corrected chi connectivity index (χ3v) is 6.13. The van der Waals surface area contributed by atoms with Gasteiger partial charge in [0, 0.05) is 11.6 Å². The number of methoxy groups -OCH3 is 2. The van der Waals surface area contributed by atoms with Crippen molar-refractivity contribution >= 4 is 23.5 Å². The average molecular weight is 426 g/mol. The molecule has 0 aliphatic carbocycles. The number of aromatic hydroxyl groups is 1. The predicted molar refractivity (Wildman–Crippen MR) is 109 cm³/mol. The number of benzene rings is 2. The van der Waals surface area contributed by atoms with Crippen molar-refractivity contribution in [3.05, 3.63) is 48.0 Å². The predicted octanol–water partition coefficient (Wildman–Crippen LogP) is 1.70. The number of aliphatic carboxylic acids is 1. The van der Waals surface area contributed by atoms with Crippen LogP contribution in [0.3, 0.4) is 0 Å². The molecule has 4 atom stereocenters. The smallest absolute Gasteiger partial charge is 0.324 e. The van der Waals surface area contributed by atoms with Gasteiger partial charge in [0.1, 0.15) is 22.8 Å². The van der Waals surface area contributed by atoms with E-state index in [-0.39, 0.29) is 17.0 Å². The first-order valence-corrected chi connectivity index (χ1v) is 9.63. The molecule has 2 amide bonds. The number of carbonyl (C=O) groups is 3. The van der Waals surface area contributed by atoms with Crippen LogP contribution in [0.2, 0.25) is 0 Å². The molecule has 2 aromatic carbocycles. The number of nitrogens with zero attached hydrogens (tertiary/aromatic N) is 1. The van der Waals surface area contributed by atoms with E-state index in [4.69, 9.17) is 9.47 Å². The summed E-state index contributed by atoms with van der Waals surface area (Å²) in [4.78, 5) is 40.2. The second-order valence-corrected chi connectivity index (χ2v) is 7.74. The third kappa shape index (κ3) is 2.92. The second-order valence-electron chi connectivity index (χ2n) is 7.74. The first-order chi connectivity index (χ1) is 14.7. The molecule has 3 N–H and O–H groups in total. The minimum atomic E-state index is -1.73. The number of anilines is 1. The van der Waals surface area contributed by atoms with Crippen molar-refractivity contribution in [2.24, 2.45) is 11.8 Å². The summed E-state index contributed by atoms with van der Waals surface area (Å²) < 4.78 is 10.5. The molecule has 2 saturated heterocycles. The highest BCUT2D eigenvalue weighted by Crippen LogP contribution is 2.52. The van der Waals surface area contributed by atoms with Gasteiger partial charge in [-0.2, -0.15) is 0 Å². The number of rotatable bonds is 5. The Morgan fingerprint density at radius 2 is 1.81 bits per heavy atom. The fourth-order valence-electron chi connectivity index (χ4n) is 4.56. The van der Waals surface area contributed by atoms with Crippen LogP contribution in [0.15, 0.2) is 42.5 Å². The zero-order chi connectivity index (χ0) is 22.5. The summed E-state index contributed by atoms with van der Waals surface area (Å²) in [6.45, 7) is 1.38. The number of hydrogen-bond acceptors (Lipinski definition) is 7. The molecule has 4 unspecified atom stereocenters. The lowest BCUT2D eigenvalue weighted by atomic mass is 9.80. The Hall–Kier alpha value is -3.59. The van der Waals surface area contributed by atoms with E-state index in [2.05, 4.69) is 5.32 Å². The van der Waals surface area contributed by atoms with Crippen molar-refractivity contribution in [1.29, 1.82) is 0 Å². The van der Waals surface area contributed by atoms with E-state index in [1.807, 2.05) is 0 Å². The summed E-state index contributed by atoms with van der Waals surface area (Å²) >= 11 is 0.